The minimum Gasteiger partial charge on any atom is -0.480 e. The summed E-state index contributed by atoms with van der Waals surface area (Å²) in [4.78, 5) is 13.3. The molecule has 1 aliphatic rings. The number of halogens is 3. The maximum atomic E-state index is 12.7. The normalized spacial score (nSPS) is 17.3. The van der Waals surface area contributed by atoms with Crippen LogP contribution in [-0.4, -0.2) is 62.1 Å². The minimum absolute atomic E-state index is 0.0240. The molecular weight excluding hydrogens is 351 g/mol. The van der Waals surface area contributed by atoms with Crippen molar-refractivity contribution >= 4 is 15.7 Å². The Morgan fingerprint density at radius 3 is 2.42 bits per heavy atom. The lowest BCUT2D eigenvalue weighted by Gasteiger charge is -2.36. The molecule has 0 saturated carbocycles. The molecule has 0 spiro atoms. The second-order valence-electron chi connectivity index (χ2n) is 5.60. The molecule has 1 unspecified atom stereocenters. The third-order valence-electron chi connectivity index (χ3n) is 3.52. The fourth-order valence-corrected chi connectivity index (χ4v) is 2.71. The number of likely N-dealkylation sites (tertiary alicyclic amines) is 1. The Labute approximate surface area is 136 Å². The van der Waals surface area contributed by atoms with E-state index in [0.717, 1.165) is 31.4 Å². The van der Waals surface area contributed by atoms with Crippen molar-refractivity contribution in [2.24, 2.45) is 0 Å². The van der Waals surface area contributed by atoms with Crippen LogP contribution in [0.1, 0.15) is 17.3 Å². The zero-order valence-electron chi connectivity index (χ0n) is 12.9. The highest BCUT2D eigenvalue weighted by Gasteiger charge is 2.39. The van der Waals surface area contributed by atoms with Gasteiger partial charge in [-0.15, -0.1) is 0 Å². The van der Waals surface area contributed by atoms with Crippen LogP contribution in [0.3, 0.4) is 0 Å². The molecule has 0 aromatic heterocycles. The van der Waals surface area contributed by atoms with Gasteiger partial charge in [-0.25, -0.2) is 8.42 Å². The number of carbonyl (C=O) groups excluding carboxylic acids is 1. The van der Waals surface area contributed by atoms with E-state index < -0.39 is 34.1 Å². The van der Waals surface area contributed by atoms with Gasteiger partial charge in [0, 0.05) is 19.3 Å². The van der Waals surface area contributed by atoms with Crippen molar-refractivity contribution in [1.82, 2.24) is 4.90 Å². The lowest BCUT2D eigenvalue weighted by Crippen LogP contribution is -2.53. The third-order valence-corrected chi connectivity index (χ3v) is 4.63. The zero-order chi connectivity index (χ0) is 18.3. The topological polar surface area (TPSA) is 83.9 Å². The number of nitrogens with zero attached hydrogens (tertiary/aromatic N) is 1. The van der Waals surface area contributed by atoms with E-state index in [1.54, 1.807) is 0 Å². The van der Waals surface area contributed by atoms with E-state index in [0.29, 0.717) is 0 Å². The summed E-state index contributed by atoms with van der Waals surface area (Å²) >= 11 is 0. The molecule has 2 rings (SSSR count). The number of hydrogen-bond acceptors (Lipinski definition) is 5. The first-order chi connectivity index (χ1) is 10.9. The predicted octanol–water partition coefficient (Wildman–Crippen LogP) is 1.24. The van der Waals surface area contributed by atoms with Gasteiger partial charge < -0.3 is 14.7 Å². The van der Waals surface area contributed by atoms with Gasteiger partial charge in [0.2, 0.25) is 0 Å². The van der Waals surface area contributed by atoms with E-state index in [9.17, 15) is 31.5 Å². The second-order valence-corrected chi connectivity index (χ2v) is 7.61. The highest BCUT2D eigenvalue weighted by atomic mass is 32.2. The highest BCUT2D eigenvalue weighted by molar-refractivity contribution is 7.90. The Bertz CT molecular complexity index is 741. The molecule has 0 radical (unpaired) electrons. The molecule has 24 heavy (non-hydrogen) atoms. The molecule has 1 fully saturated rings. The summed E-state index contributed by atoms with van der Waals surface area (Å²) in [5.41, 5.74) is -0.291. The van der Waals surface area contributed by atoms with Crippen LogP contribution in [0, 0.1) is 0 Å². The number of sulfone groups is 1. The van der Waals surface area contributed by atoms with Crippen LogP contribution in [-0.2, 0) is 9.84 Å². The van der Waals surface area contributed by atoms with Gasteiger partial charge in [-0.3, -0.25) is 4.79 Å². The Hall–Kier alpha value is -1.81. The molecule has 1 aromatic carbocycles. The lowest BCUT2D eigenvalue weighted by molar-refractivity contribution is -0.189. The zero-order valence-corrected chi connectivity index (χ0v) is 13.7. The molecule has 134 valence electrons. The van der Waals surface area contributed by atoms with Crippen molar-refractivity contribution in [3.05, 3.63) is 23.8 Å². The third kappa shape index (κ3) is 3.99. The number of hydrogen-bond donors (Lipinski definition) is 1. The molecule has 1 aliphatic heterocycles. The van der Waals surface area contributed by atoms with Crippen LogP contribution in [0.5, 0.6) is 5.75 Å². The second kappa shape index (κ2) is 6.25. The van der Waals surface area contributed by atoms with Crippen LogP contribution in [0.2, 0.25) is 0 Å². The van der Waals surface area contributed by atoms with Crippen molar-refractivity contribution < 1.29 is 36.2 Å². The Morgan fingerprint density at radius 1 is 1.38 bits per heavy atom. The average Bonchev–Trinajstić information content (AvgIpc) is 2.41. The molecule has 0 aliphatic carbocycles. The summed E-state index contributed by atoms with van der Waals surface area (Å²) < 4.78 is 66.1. The number of alkyl halides is 3. The van der Waals surface area contributed by atoms with Gasteiger partial charge in [-0.2, -0.15) is 13.2 Å². The number of aliphatic hydroxyl groups excluding tert-OH is 1. The summed E-state index contributed by atoms with van der Waals surface area (Å²) in [6, 6.07) is 3.10. The predicted molar refractivity (Wildman–Crippen MR) is 77.6 cm³/mol. The number of β-amino-alcohol motifs (C(OH)–C–C–N with tert-alkyl or cyclic N) is 1. The van der Waals surface area contributed by atoms with Crippen molar-refractivity contribution in [2.75, 3.05) is 19.3 Å². The number of aliphatic hydroxyl groups is 1. The maximum Gasteiger partial charge on any atom is 0.425 e. The van der Waals surface area contributed by atoms with E-state index in [-0.39, 0.29) is 29.3 Å². The summed E-state index contributed by atoms with van der Waals surface area (Å²) in [7, 11) is -3.66. The number of ether oxygens (including phenoxy) is 1. The SMILES string of the molecule is CC(Oc1ccc(S(C)(=O)=O)cc1C(=O)N1CC(O)C1)C(F)(F)F. The molecule has 1 atom stereocenters. The fourth-order valence-electron chi connectivity index (χ4n) is 2.06. The van der Waals surface area contributed by atoms with Crippen LogP contribution >= 0.6 is 0 Å². The molecule has 1 amide bonds. The first kappa shape index (κ1) is 18.5. The smallest absolute Gasteiger partial charge is 0.425 e. The molecule has 6 nitrogen and oxygen atoms in total. The minimum atomic E-state index is -4.64. The molecule has 1 N–H and O–H groups in total. The van der Waals surface area contributed by atoms with Crippen LogP contribution < -0.4 is 4.74 Å². The Morgan fingerprint density at radius 2 is 1.96 bits per heavy atom. The quantitative estimate of drug-likeness (QED) is 0.866. The number of rotatable bonds is 4. The van der Waals surface area contributed by atoms with Gasteiger partial charge in [0.1, 0.15) is 5.75 Å². The lowest BCUT2D eigenvalue weighted by atomic mass is 10.1. The number of carbonyl (C=O) groups is 1. The van der Waals surface area contributed by atoms with E-state index in [2.05, 4.69) is 0 Å². The van der Waals surface area contributed by atoms with Gasteiger partial charge >= 0.3 is 6.18 Å². The maximum absolute atomic E-state index is 12.7. The first-order valence-electron chi connectivity index (χ1n) is 6.94. The molecular formula is C14H16F3NO5S. The van der Waals surface area contributed by atoms with Crippen LogP contribution in [0.15, 0.2) is 23.1 Å². The van der Waals surface area contributed by atoms with Crippen LogP contribution in [0.4, 0.5) is 13.2 Å². The number of benzene rings is 1. The van der Waals surface area contributed by atoms with E-state index in [1.807, 2.05) is 0 Å². The van der Waals surface area contributed by atoms with Gasteiger partial charge in [0.05, 0.1) is 16.6 Å². The molecule has 1 aromatic rings. The van der Waals surface area contributed by atoms with Gasteiger partial charge in [0.15, 0.2) is 15.9 Å². The average molecular weight is 367 g/mol. The molecule has 0 bridgehead atoms. The monoisotopic (exact) mass is 367 g/mol. The van der Waals surface area contributed by atoms with E-state index >= 15 is 0 Å². The Kier molecular flexibility index (Phi) is 4.82. The van der Waals surface area contributed by atoms with Crippen LogP contribution in [0.25, 0.3) is 0 Å². The highest BCUT2D eigenvalue weighted by Crippen LogP contribution is 2.30. The van der Waals surface area contributed by atoms with Gasteiger partial charge in [-0.1, -0.05) is 0 Å². The summed E-state index contributed by atoms with van der Waals surface area (Å²) in [5, 5.41) is 9.25. The van der Waals surface area contributed by atoms with E-state index in [1.165, 1.54) is 4.90 Å². The summed E-state index contributed by atoms with van der Waals surface area (Å²) in [6.07, 6.45) is -6.59. The number of amides is 1. The van der Waals surface area contributed by atoms with Crippen molar-refractivity contribution in [3.8, 4) is 5.75 Å². The largest absolute Gasteiger partial charge is 0.480 e. The molecule has 1 heterocycles. The van der Waals surface area contributed by atoms with Crippen molar-refractivity contribution in [3.63, 3.8) is 0 Å². The van der Waals surface area contributed by atoms with Crippen molar-refractivity contribution in [1.29, 1.82) is 0 Å². The summed E-state index contributed by atoms with van der Waals surface area (Å²) in [6.45, 7) is 0.832. The fraction of sp³-hybridized carbons (Fsp3) is 0.500. The van der Waals surface area contributed by atoms with Gasteiger partial charge in [-0.05, 0) is 25.1 Å². The van der Waals surface area contributed by atoms with Crippen molar-refractivity contribution in [2.45, 2.75) is 30.2 Å². The van der Waals surface area contributed by atoms with Gasteiger partial charge in [0.25, 0.3) is 5.91 Å². The standard InChI is InChI=1S/C14H16F3NO5S/c1-8(14(15,16)17)23-12-4-3-10(24(2,21)22)5-11(12)13(20)18-6-9(19)7-18/h3-5,8-9,19H,6-7H2,1-2H3. The first-order valence-corrected chi connectivity index (χ1v) is 8.83. The molecule has 1 saturated heterocycles. The molecule has 10 heteroatoms. The Balaban J connectivity index is 2.40. The summed E-state index contributed by atoms with van der Waals surface area (Å²) in [5.74, 6) is -1.06. The van der Waals surface area contributed by atoms with E-state index in [4.69, 9.17) is 4.74 Å².